The topological polar surface area (TPSA) is 69.6 Å². The molecule has 0 bridgehead atoms. The number of halogens is 1. The van der Waals surface area contributed by atoms with Crippen molar-refractivity contribution in [3.63, 3.8) is 0 Å². The normalized spacial score (nSPS) is 10.7. The molecule has 7 heteroatoms. The van der Waals surface area contributed by atoms with Crippen LogP contribution in [0.15, 0.2) is 41.4 Å². The maximum absolute atomic E-state index is 14.0. The van der Waals surface area contributed by atoms with Crippen LogP contribution in [0.1, 0.15) is 22.8 Å². The number of hydrogen-bond donors (Lipinski definition) is 1. The monoisotopic (exact) mass is 346 g/mol. The first-order chi connectivity index (χ1) is 12.0. The summed E-state index contributed by atoms with van der Waals surface area (Å²) >= 11 is 0. The smallest absolute Gasteiger partial charge is 0.342 e. The second-order valence-corrected chi connectivity index (χ2v) is 5.08. The van der Waals surface area contributed by atoms with E-state index in [-0.39, 0.29) is 22.6 Å². The Kier molecular flexibility index (Phi) is 5.94. The molecule has 1 aromatic carbocycles. The number of para-hydroxylation sites is 1. The minimum absolute atomic E-state index is 0.101. The summed E-state index contributed by atoms with van der Waals surface area (Å²) in [4.78, 5) is 24.5. The van der Waals surface area contributed by atoms with Crippen molar-refractivity contribution in [1.82, 2.24) is 4.57 Å². The molecule has 0 aliphatic heterocycles. The molecule has 1 aromatic heterocycles. The van der Waals surface area contributed by atoms with Crippen molar-refractivity contribution in [3.8, 4) is 0 Å². The Hall–Kier alpha value is -3.09. The van der Waals surface area contributed by atoms with E-state index in [0.717, 1.165) is 0 Å². The van der Waals surface area contributed by atoms with Gasteiger partial charge in [-0.05, 0) is 25.1 Å². The molecule has 2 rings (SSSR count). The van der Waals surface area contributed by atoms with E-state index in [1.807, 2.05) is 0 Å². The van der Waals surface area contributed by atoms with Crippen molar-refractivity contribution < 1.29 is 18.7 Å². The van der Waals surface area contributed by atoms with Crippen LogP contribution < -0.4 is 10.9 Å². The zero-order chi connectivity index (χ0) is 18.4. The number of carbonyl (C=O) groups is 1. The first-order valence-corrected chi connectivity index (χ1v) is 7.61. The fraction of sp³-hybridized carbons (Fsp3) is 0.222. The Morgan fingerprint density at radius 2 is 2.08 bits per heavy atom. The fourth-order valence-electron chi connectivity index (χ4n) is 2.22. The van der Waals surface area contributed by atoms with Gasteiger partial charge in [0.2, 0.25) is 0 Å². The average Bonchev–Trinajstić information content (AvgIpc) is 2.60. The van der Waals surface area contributed by atoms with Crippen molar-refractivity contribution in [3.05, 3.63) is 63.9 Å². The molecule has 0 spiro atoms. The predicted molar refractivity (Wildman–Crippen MR) is 93.4 cm³/mol. The highest BCUT2D eigenvalue weighted by atomic mass is 19.1. The minimum atomic E-state index is -0.661. The molecule has 0 unspecified atom stereocenters. The van der Waals surface area contributed by atoms with Crippen molar-refractivity contribution in [2.24, 2.45) is 7.05 Å². The van der Waals surface area contributed by atoms with Crippen molar-refractivity contribution >= 4 is 23.6 Å². The van der Waals surface area contributed by atoms with E-state index < -0.39 is 11.8 Å². The van der Waals surface area contributed by atoms with Crippen molar-refractivity contribution in [2.45, 2.75) is 6.92 Å². The summed E-state index contributed by atoms with van der Waals surface area (Å²) in [6, 6.07) is 7.25. The van der Waals surface area contributed by atoms with E-state index in [9.17, 15) is 14.0 Å². The zero-order valence-electron chi connectivity index (χ0n) is 14.2. The first kappa shape index (κ1) is 18.3. The number of pyridine rings is 1. The summed E-state index contributed by atoms with van der Waals surface area (Å²) in [5.41, 5.74) is 0.169. The first-order valence-electron chi connectivity index (χ1n) is 7.61. The highest BCUT2D eigenvalue weighted by Crippen LogP contribution is 2.25. The van der Waals surface area contributed by atoms with Crippen LogP contribution in [0.3, 0.4) is 0 Å². The molecule has 0 saturated heterocycles. The Balaban J connectivity index is 2.65. The zero-order valence-corrected chi connectivity index (χ0v) is 14.2. The molecule has 0 amide bonds. The molecular weight excluding hydrogens is 327 g/mol. The number of rotatable bonds is 6. The number of aromatic nitrogens is 1. The van der Waals surface area contributed by atoms with Crippen LogP contribution in [0.5, 0.6) is 0 Å². The third-order valence-corrected chi connectivity index (χ3v) is 3.50. The number of benzene rings is 1. The van der Waals surface area contributed by atoms with Gasteiger partial charge in [0.05, 0.1) is 25.7 Å². The molecule has 132 valence electrons. The van der Waals surface area contributed by atoms with Gasteiger partial charge < -0.3 is 14.8 Å². The van der Waals surface area contributed by atoms with Gasteiger partial charge in [-0.15, -0.1) is 0 Å². The third-order valence-electron chi connectivity index (χ3n) is 3.50. The summed E-state index contributed by atoms with van der Waals surface area (Å²) in [5, 5.41) is 2.81. The Bertz CT molecular complexity index is 859. The molecule has 1 heterocycles. The molecule has 0 fully saturated rings. The van der Waals surface area contributed by atoms with Gasteiger partial charge in [-0.2, -0.15) is 0 Å². The van der Waals surface area contributed by atoms with Gasteiger partial charge in [0, 0.05) is 18.7 Å². The van der Waals surface area contributed by atoms with Crippen LogP contribution in [-0.4, -0.2) is 24.3 Å². The molecule has 0 aliphatic carbocycles. The lowest BCUT2D eigenvalue weighted by atomic mass is 10.1. The molecular formula is C18H19FN2O4. The molecule has 0 saturated carbocycles. The number of esters is 1. The second kappa shape index (κ2) is 8.14. The lowest BCUT2D eigenvalue weighted by Gasteiger charge is -2.17. The maximum atomic E-state index is 14.0. The molecule has 0 aliphatic rings. The van der Waals surface area contributed by atoms with E-state index in [1.165, 1.54) is 49.3 Å². The maximum Gasteiger partial charge on any atom is 0.342 e. The molecule has 2 aromatic rings. The molecule has 6 nitrogen and oxygen atoms in total. The lowest BCUT2D eigenvalue weighted by Crippen LogP contribution is -2.24. The minimum Gasteiger partial charge on any atom is -0.501 e. The average molecular weight is 346 g/mol. The Labute approximate surface area is 144 Å². The summed E-state index contributed by atoms with van der Waals surface area (Å²) in [6.07, 6.45) is 2.87. The number of ether oxygens (including phenoxy) is 2. The molecule has 25 heavy (non-hydrogen) atoms. The van der Waals surface area contributed by atoms with Crippen molar-refractivity contribution in [1.29, 1.82) is 0 Å². The molecule has 0 atom stereocenters. The quantitative estimate of drug-likeness (QED) is 0.643. The Morgan fingerprint density at radius 3 is 2.72 bits per heavy atom. The van der Waals surface area contributed by atoms with Crippen molar-refractivity contribution in [2.75, 3.05) is 19.0 Å². The summed E-state index contributed by atoms with van der Waals surface area (Å²) < 4.78 is 25.1. The van der Waals surface area contributed by atoms with Gasteiger partial charge in [0.15, 0.2) is 0 Å². The highest BCUT2D eigenvalue weighted by Gasteiger charge is 2.21. The van der Waals surface area contributed by atoms with Gasteiger partial charge in [-0.3, -0.25) is 9.36 Å². The number of hydrogen-bond acceptors (Lipinski definition) is 5. The number of nitrogens with one attached hydrogen (secondary N) is 1. The lowest BCUT2D eigenvalue weighted by molar-refractivity contribution is 0.0601. The number of methoxy groups -OCH3 is 1. The standard InChI is InChI=1S/C18H19FN2O4/c1-4-25-10-9-12-11-15(22)21(2)17(16(12)18(23)24-3)20-14-8-6-5-7-13(14)19/h5-11,20H,4H2,1-3H3. The fourth-order valence-corrected chi connectivity index (χ4v) is 2.22. The Morgan fingerprint density at radius 1 is 1.36 bits per heavy atom. The predicted octanol–water partition coefficient (Wildman–Crippen LogP) is 3.06. The van der Waals surface area contributed by atoms with E-state index in [4.69, 9.17) is 9.47 Å². The molecule has 1 N–H and O–H groups in total. The van der Waals surface area contributed by atoms with E-state index >= 15 is 0 Å². The number of nitrogens with zero attached hydrogens (tertiary/aromatic N) is 1. The summed E-state index contributed by atoms with van der Waals surface area (Å²) in [6.45, 7) is 2.25. The van der Waals surface area contributed by atoms with Gasteiger partial charge in [0.25, 0.3) is 5.56 Å². The van der Waals surface area contributed by atoms with Crippen LogP contribution >= 0.6 is 0 Å². The second-order valence-electron chi connectivity index (χ2n) is 5.08. The third kappa shape index (κ3) is 4.06. The van der Waals surface area contributed by atoms with Crippen LogP contribution in [0.4, 0.5) is 15.9 Å². The summed E-state index contributed by atoms with van der Waals surface area (Å²) in [5.74, 6) is -1.05. The van der Waals surface area contributed by atoms with Gasteiger partial charge in [-0.1, -0.05) is 12.1 Å². The van der Waals surface area contributed by atoms with E-state index in [0.29, 0.717) is 12.2 Å². The van der Waals surface area contributed by atoms with Gasteiger partial charge in [-0.25, -0.2) is 9.18 Å². The van der Waals surface area contributed by atoms with E-state index in [2.05, 4.69) is 5.32 Å². The van der Waals surface area contributed by atoms with Crippen LogP contribution in [0.2, 0.25) is 0 Å². The van der Waals surface area contributed by atoms with E-state index in [1.54, 1.807) is 19.1 Å². The van der Waals surface area contributed by atoms with Crippen LogP contribution in [-0.2, 0) is 16.5 Å². The largest absolute Gasteiger partial charge is 0.501 e. The SMILES string of the molecule is CCOC=Cc1cc(=O)n(C)c(Nc2ccccc2F)c1C(=O)OC. The van der Waals surface area contributed by atoms with Gasteiger partial charge in [0.1, 0.15) is 17.2 Å². The summed E-state index contributed by atoms with van der Waals surface area (Å²) in [7, 11) is 2.71. The van der Waals surface area contributed by atoms with Crippen LogP contribution in [0, 0.1) is 5.82 Å². The molecule has 0 radical (unpaired) electrons. The van der Waals surface area contributed by atoms with Gasteiger partial charge >= 0.3 is 5.97 Å². The number of carbonyl (C=O) groups excluding carboxylic acids is 1. The highest BCUT2D eigenvalue weighted by molar-refractivity contribution is 5.99. The number of anilines is 2. The van der Waals surface area contributed by atoms with Crippen LogP contribution in [0.25, 0.3) is 6.08 Å².